The lowest BCUT2D eigenvalue weighted by Crippen LogP contribution is -2.02. The molecule has 0 unspecified atom stereocenters. The summed E-state index contributed by atoms with van der Waals surface area (Å²) in [7, 11) is 0. The van der Waals surface area contributed by atoms with Crippen LogP contribution < -0.4 is 0 Å². The number of rotatable bonds is 1. The number of hydrogen-bond donors (Lipinski definition) is 0. The fraction of sp³-hybridized carbons (Fsp3) is 0.667. The van der Waals surface area contributed by atoms with Gasteiger partial charge in [0.25, 0.3) is 0 Å². The van der Waals surface area contributed by atoms with Crippen LogP contribution in [0.5, 0.6) is 0 Å². The number of halogens is 1. The molecule has 1 aromatic rings. The van der Waals surface area contributed by atoms with Crippen molar-refractivity contribution >= 4 is 15.9 Å². The number of nitrogens with zero attached hydrogens (tertiary/aromatic N) is 3. The fourth-order valence-corrected chi connectivity index (χ4v) is 1.48. The van der Waals surface area contributed by atoms with E-state index in [1.807, 2.05) is 11.6 Å². The quantitative estimate of drug-likeness (QED) is 0.699. The summed E-state index contributed by atoms with van der Waals surface area (Å²) in [5.74, 6) is 0.806. The zero-order chi connectivity index (χ0) is 7.72. The average Bonchev–Trinajstić information content (AvgIpc) is 2.10. The molecule has 0 saturated carbocycles. The lowest BCUT2D eigenvalue weighted by molar-refractivity contribution is 0.517. The molecule has 0 amide bonds. The molecule has 1 aromatic heterocycles. The van der Waals surface area contributed by atoms with Crippen molar-refractivity contribution in [3.8, 4) is 0 Å². The molecule has 0 aliphatic carbocycles. The van der Waals surface area contributed by atoms with Gasteiger partial charge in [-0.25, -0.2) is 9.67 Å². The molecule has 3 nitrogen and oxygen atoms in total. The Bertz CT molecular complexity index is 229. The van der Waals surface area contributed by atoms with Gasteiger partial charge in [0, 0.05) is 6.04 Å². The highest BCUT2D eigenvalue weighted by Crippen LogP contribution is 2.12. The average molecular weight is 204 g/mol. The third-order valence-corrected chi connectivity index (χ3v) is 1.73. The first kappa shape index (κ1) is 7.72. The molecular formula is C6H10BrN3. The molecule has 0 aliphatic heterocycles. The summed E-state index contributed by atoms with van der Waals surface area (Å²) in [5.41, 5.74) is 0. The Kier molecular flexibility index (Phi) is 2.08. The second-order valence-electron chi connectivity index (χ2n) is 2.47. The molecule has 1 rings (SSSR count). The molecule has 0 aliphatic rings. The van der Waals surface area contributed by atoms with Crippen molar-refractivity contribution in [1.29, 1.82) is 0 Å². The van der Waals surface area contributed by atoms with Gasteiger partial charge in [0.2, 0.25) is 0 Å². The Balaban J connectivity index is 3.03. The SMILES string of the molecule is Cc1nc(Br)n(C(C)C)n1. The Morgan fingerprint density at radius 2 is 2.10 bits per heavy atom. The van der Waals surface area contributed by atoms with Gasteiger partial charge in [-0.1, -0.05) is 0 Å². The van der Waals surface area contributed by atoms with Crippen molar-refractivity contribution in [3.63, 3.8) is 0 Å². The van der Waals surface area contributed by atoms with Gasteiger partial charge in [-0.3, -0.25) is 0 Å². The third kappa shape index (κ3) is 1.37. The van der Waals surface area contributed by atoms with Gasteiger partial charge in [-0.15, -0.1) is 0 Å². The monoisotopic (exact) mass is 203 g/mol. The van der Waals surface area contributed by atoms with Gasteiger partial charge in [-0.05, 0) is 36.7 Å². The largest absolute Gasteiger partial charge is 0.238 e. The molecule has 0 saturated heterocycles. The molecular weight excluding hydrogens is 194 g/mol. The van der Waals surface area contributed by atoms with Gasteiger partial charge >= 0.3 is 0 Å². The van der Waals surface area contributed by atoms with Crippen LogP contribution in [0.25, 0.3) is 0 Å². The Morgan fingerprint density at radius 1 is 1.50 bits per heavy atom. The number of hydrogen-bond acceptors (Lipinski definition) is 2. The van der Waals surface area contributed by atoms with E-state index in [9.17, 15) is 0 Å². The Morgan fingerprint density at radius 3 is 2.30 bits per heavy atom. The van der Waals surface area contributed by atoms with E-state index in [2.05, 4.69) is 39.9 Å². The van der Waals surface area contributed by atoms with E-state index >= 15 is 0 Å². The van der Waals surface area contributed by atoms with Gasteiger partial charge < -0.3 is 0 Å². The first-order valence-corrected chi connectivity index (χ1v) is 3.99. The summed E-state index contributed by atoms with van der Waals surface area (Å²) in [6, 6.07) is 0.371. The molecule has 0 spiro atoms. The molecule has 0 aromatic carbocycles. The highest BCUT2D eigenvalue weighted by molar-refractivity contribution is 9.10. The Labute approximate surface area is 68.6 Å². The minimum Gasteiger partial charge on any atom is -0.238 e. The fourth-order valence-electron chi connectivity index (χ4n) is 0.733. The Hall–Kier alpha value is -0.380. The van der Waals surface area contributed by atoms with Crippen LogP contribution in [0.3, 0.4) is 0 Å². The van der Waals surface area contributed by atoms with E-state index in [1.54, 1.807) is 0 Å². The zero-order valence-corrected chi connectivity index (χ0v) is 7.88. The number of aromatic nitrogens is 3. The maximum Gasteiger partial charge on any atom is 0.195 e. The van der Waals surface area contributed by atoms with Crippen LogP contribution in [0.4, 0.5) is 0 Å². The van der Waals surface area contributed by atoms with E-state index in [0.29, 0.717) is 6.04 Å². The zero-order valence-electron chi connectivity index (χ0n) is 6.30. The minimum atomic E-state index is 0.371. The molecule has 4 heteroatoms. The lowest BCUT2D eigenvalue weighted by atomic mass is 10.4. The highest BCUT2D eigenvalue weighted by Gasteiger charge is 2.05. The molecule has 0 atom stereocenters. The van der Waals surface area contributed by atoms with Crippen LogP contribution >= 0.6 is 15.9 Å². The molecule has 0 N–H and O–H groups in total. The number of aryl methyl sites for hydroxylation is 1. The van der Waals surface area contributed by atoms with E-state index in [1.165, 1.54) is 0 Å². The molecule has 0 radical (unpaired) electrons. The van der Waals surface area contributed by atoms with Crippen molar-refractivity contribution in [3.05, 3.63) is 10.6 Å². The maximum atomic E-state index is 4.17. The van der Waals surface area contributed by atoms with Crippen LogP contribution in [-0.4, -0.2) is 14.8 Å². The van der Waals surface area contributed by atoms with Gasteiger partial charge in [-0.2, -0.15) is 5.10 Å². The topological polar surface area (TPSA) is 30.7 Å². The van der Waals surface area contributed by atoms with Gasteiger partial charge in [0.05, 0.1) is 0 Å². The summed E-state index contributed by atoms with van der Waals surface area (Å²) < 4.78 is 2.65. The van der Waals surface area contributed by atoms with Crippen molar-refractivity contribution < 1.29 is 0 Å². The van der Waals surface area contributed by atoms with Gasteiger partial charge in [0.15, 0.2) is 4.73 Å². The van der Waals surface area contributed by atoms with E-state index in [-0.39, 0.29) is 0 Å². The minimum absolute atomic E-state index is 0.371. The van der Waals surface area contributed by atoms with Gasteiger partial charge in [0.1, 0.15) is 5.82 Å². The molecule has 10 heavy (non-hydrogen) atoms. The van der Waals surface area contributed by atoms with Crippen molar-refractivity contribution in [2.24, 2.45) is 0 Å². The summed E-state index contributed by atoms with van der Waals surface area (Å²) in [6.07, 6.45) is 0. The van der Waals surface area contributed by atoms with E-state index in [4.69, 9.17) is 0 Å². The maximum absolute atomic E-state index is 4.17. The predicted molar refractivity (Wildman–Crippen MR) is 42.8 cm³/mol. The van der Waals surface area contributed by atoms with Crippen molar-refractivity contribution in [2.75, 3.05) is 0 Å². The van der Waals surface area contributed by atoms with E-state index in [0.717, 1.165) is 10.6 Å². The summed E-state index contributed by atoms with van der Waals surface area (Å²) >= 11 is 3.31. The highest BCUT2D eigenvalue weighted by atomic mass is 79.9. The molecule has 56 valence electrons. The standard InChI is InChI=1S/C6H10BrN3/c1-4(2)10-6(7)8-5(3)9-10/h4H,1-3H3. The molecule has 0 bridgehead atoms. The summed E-state index contributed by atoms with van der Waals surface area (Å²) in [5, 5.41) is 4.17. The molecule has 1 heterocycles. The van der Waals surface area contributed by atoms with Crippen LogP contribution in [0.2, 0.25) is 0 Å². The normalized spacial score (nSPS) is 10.9. The van der Waals surface area contributed by atoms with Crippen LogP contribution in [0, 0.1) is 6.92 Å². The lowest BCUT2D eigenvalue weighted by Gasteiger charge is -2.03. The van der Waals surface area contributed by atoms with Crippen molar-refractivity contribution in [1.82, 2.24) is 14.8 Å². The van der Waals surface area contributed by atoms with Crippen LogP contribution in [-0.2, 0) is 0 Å². The second-order valence-corrected chi connectivity index (χ2v) is 3.18. The predicted octanol–water partition coefficient (Wildman–Crippen LogP) is 1.93. The van der Waals surface area contributed by atoms with Crippen LogP contribution in [0.15, 0.2) is 4.73 Å². The summed E-state index contributed by atoms with van der Waals surface area (Å²) in [4.78, 5) is 4.10. The second kappa shape index (κ2) is 2.70. The summed E-state index contributed by atoms with van der Waals surface area (Å²) in [6.45, 7) is 6.02. The first-order valence-electron chi connectivity index (χ1n) is 3.20. The van der Waals surface area contributed by atoms with Crippen LogP contribution in [0.1, 0.15) is 25.7 Å². The first-order chi connectivity index (χ1) is 4.61. The molecule has 0 fully saturated rings. The third-order valence-electron chi connectivity index (χ3n) is 1.18. The van der Waals surface area contributed by atoms with Crippen molar-refractivity contribution in [2.45, 2.75) is 26.8 Å². The van der Waals surface area contributed by atoms with E-state index < -0.39 is 0 Å². The smallest absolute Gasteiger partial charge is 0.195 e.